The summed E-state index contributed by atoms with van der Waals surface area (Å²) < 4.78 is 0.786. The average Bonchev–Trinajstić information content (AvgIpc) is 2.06. The van der Waals surface area contributed by atoms with Crippen LogP contribution in [0.2, 0.25) is 0 Å². The Bertz CT molecular complexity index is 112. The standard InChI is InChI=1S/C7H14S5/c8-2-1-6(9)3-7-11-4-10-5-12-7/h6-9H,1-5H2. The summed E-state index contributed by atoms with van der Waals surface area (Å²) in [7, 11) is 0. The van der Waals surface area contributed by atoms with Crippen molar-refractivity contribution < 1.29 is 0 Å². The van der Waals surface area contributed by atoms with Crippen molar-refractivity contribution in [2.24, 2.45) is 0 Å². The van der Waals surface area contributed by atoms with Crippen LogP contribution in [0.15, 0.2) is 0 Å². The smallest absolute Gasteiger partial charge is 0.0529 e. The molecule has 0 nitrogen and oxygen atoms in total. The monoisotopic (exact) mass is 258 g/mol. The number of thiol groups is 2. The molecule has 0 saturated carbocycles. The van der Waals surface area contributed by atoms with Crippen LogP contribution in [0.3, 0.4) is 0 Å². The molecule has 72 valence electrons. The van der Waals surface area contributed by atoms with Gasteiger partial charge in [0.25, 0.3) is 0 Å². The Morgan fingerprint density at radius 2 is 2.00 bits per heavy atom. The normalized spacial score (nSPS) is 22.5. The first-order valence-corrected chi connectivity index (χ1v) is 8.33. The van der Waals surface area contributed by atoms with Crippen LogP contribution in [0.5, 0.6) is 0 Å². The van der Waals surface area contributed by atoms with Crippen LogP contribution in [-0.4, -0.2) is 25.8 Å². The van der Waals surface area contributed by atoms with Crippen LogP contribution in [0.4, 0.5) is 0 Å². The Morgan fingerprint density at radius 3 is 2.58 bits per heavy atom. The molecular formula is C7H14S5. The number of thioether (sulfide) groups is 3. The molecule has 1 saturated heterocycles. The van der Waals surface area contributed by atoms with Gasteiger partial charge in [-0.25, -0.2) is 0 Å². The fraction of sp³-hybridized carbons (Fsp3) is 1.00. The number of hydrogen-bond donors (Lipinski definition) is 2. The molecule has 0 aromatic rings. The molecule has 1 rings (SSSR count). The minimum atomic E-state index is 0.551. The summed E-state index contributed by atoms with van der Waals surface area (Å²) >= 11 is 14.9. The molecular weight excluding hydrogens is 244 g/mol. The summed E-state index contributed by atoms with van der Waals surface area (Å²) in [4.78, 5) is 0. The predicted molar refractivity (Wildman–Crippen MR) is 72.2 cm³/mol. The van der Waals surface area contributed by atoms with Crippen LogP contribution in [0.1, 0.15) is 12.8 Å². The molecule has 0 amide bonds. The van der Waals surface area contributed by atoms with Crippen molar-refractivity contribution in [3.05, 3.63) is 0 Å². The van der Waals surface area contributed by atoms with Crippen LogP contribution < -0.4 is 0 Å². The Labute approximate surface area is 98.6 Å². The van der Waals surface area contributed by atoms with Gasteiger partial charge in [0.05, 0.1) is 4.58 Å². The van der Waals surface area contributed by atoms with Crippen molar-refractivity contribution in [2.75, 3.05) is 15.9 Å². The van der Waals surface area contributed by atoms with Gasteiger partial charge in [0, 0.05) is 15.4 Å². The van der Waals surface area contributed by atoms with Crippen LogP contribution in [0.25, 0.3) is 0 Å². The quantitative estimate of drug-likeness (QED) is 0.742. The van der Waals surface area contributed by atoms with E-state index in [4.69, 9.17) is 0 Å². The molecule has 1 aliphatic heterocycles. The van der Waals surface area contributed by atoms with Gasteiger partial charge in [-0.3, -0.25) is 0 Å². The summed E-state index contributed by atoms with van der Waals surface area (Å²) in [6, 6.07) is 0. The maximum Gasteiger partial charge on any atom is 0.0529 e. The third kappa shape index (κ3) is 4.84. The van der Waals surface area contributed by atoms with Gasteiger partial charge in [-0.05, 0) is 18.6 Å². The van der Waals surface area contributed by atoms with Crippen LogP contribution >= 0.6 is 60.5 Å². The van der Waals surface area contributed by atoms with Crippen LogP contribution in [0, 0.1) is 0 Å². The third-order valence-electron chi connectivity index (χ3n) is 1.60. The van der Waals surface area contributed by atoms with E-state index >= 15 is 0 Å². The van der Waals surface area contributed by atoms with Crippen molar-refractivity contribution in [1.82, 2.24) is 0 Å². The molecule has 0 aromatic carbocycles. The van der Waals surface area contributed by atoms with Gasteiger partial charge in [-0.2, -0.15) is 25.3 Å². The molecule has 0 spiro atoms. The zero-order valence-corrected chi connectivity index (χ0v) is 11.0. The van der Waals surface area contributed by atoms with Gasteiger partial charge >= 0.3 is 0 Å². The van der Waals surface area contributed by atoms with E-state index in [0.717, 1.165) is 16.8 Å². The lowest BCUT2D eigenvalue weighted by molar-refractivity contribution is 0.797. The molecule has 0 aliphatic carbocycles. The van der Waals surface area contributed by atoms with Crippen molar-refractivity contribution >= 4 is 60.5 Å². The van der Waals surface area contributed by atoms with E-state index in [1.165, 1.54) is 16.6 Å². The van der Waals surface area contributed by atoms with Crippen molar-refractivity contribution in [1.29, 1.82) is 0 Å². The maximum atomic E-state index is 4.54. The third-order valence-corrected chi connectivity index (χ3v) is 6.70. The molecule has 0 aromatic heterocycles. The lowest BCUT2D eigenvalue weighted by Gasteiger charge is -2.22. The van der Waals surface area contributed by atoms with Gasteiger partial charge in [-0.15, -0.1) is 35.3 Å². The molecule has 0 N–H and O–H groups in total. The summed E-state index contributed by atoms with van der Waals surface area (Å²) in [5.74, 6) is 0.963. The minimum Gasteiger partial charge on any atom is -0.179 e. The summed E-state index contributed by atoms with van der Waals surface area (Å²) in [6.07, 6.45) is 2.37. The van der Waals surface area contributed by atoms with Crippen molar-refractivity contribution in [3.8, 4) is 0 Å². The molecule has 1 aliphatic rings. The minimum absolute atomic E-state index is 0.551. The molecule has 0 radical (unpaired) electrons. The molecule has 1 heterocycles. The first-order chi connectivity index (χ1) is 5.83. The molecule has 12 heavy (non-hydrogen) atoms. The highest BCUT2D eigenvalue weighted by Crippen LogP contribution is 2.39. The highest BCUT2D eigenvalue weighted by atomic mass is 32.3. The lowest BCUT2D eigenvalue weighted by atomic mass is 10.3. The van der Waals surface area contributed by atoms with Gasteiger partial charge in [0.2, 0.25) is 0 Å². The van der Waals surface area contributed by atoms with E-state index in [0.29, 0.717) is 5.25 Å². The Kier molecular flexibility index (Phi) is 6.99. The topological polar surface area (TPSA) is 0 Å². The fourth-order valence-electron chi connectivity index (χ4n) is 0.955. The number of rotatable bonds is 4. The molecule has 5 heteroatoms. The van der Waals surface area contributed by atoms with Gasteiger partial charge in [0.15, 0.2) is 0 Å². The van der Waals surface area contributed by atoms with E-state index in [1.807, 2.05) is 11.8 Å². The highest BCUT2D eigenvalue weighted by Gasteiger charge is 2.17. The Hall–Kier alpha value is 1.75. The molecule has 1 fully saturated rings. The van der Waals surface area contributed by atoms with Gasteiger partial charge < -0.3 is 0 Å². The van der Waals surface area contributed by atoms with Crippen molar-refractivity contribution in [2.45, 2.75) is 22.7 Å². The van der Waals surface area contributed by atoms with Gasteiger partial charge in [0.1, 0.15) is 0 Å². The second-order valence-corrected chi connectivity index (χ2v) is 8.18. The summed E-state index contributed by atoms with van der Waals surface area (Å²) in [5.41, 5.74) is 0. The predicted octanol–water partition coefficient (Wildman–Crippen LogP) is 3.45. The van der Waals surface area contributed by atoms with Crippen LogP contribution in [-0.2, 0) is 0 Å². The summed E-state index contributed by atoms with van der Waals surface area (Å²) in [6.45, 7) is 0. The largest absolute Gasteiger partial charge is 0.179 e. The average molecular weight is 259 g/mol. The van der Waals surface area contributed by atoms with E-state index < -0.39 is 0 Å². The number of hydrogen-bond acceptors (Lipinski definition) is 5. The zero-order valence-electron chi connectivity index (χ0n) is 6.81. The molecule has 1 atom stereocenters. The van der Waals surface area contributed by atoms with E-state index in [2.05, 4.69) is 48.8 Å². The zero-order chi connectivity index (χ0) is 8.81. The van der Waals surface area contributed by atoms with E-state index in [-0.39, 0.29) is 0 Å². The highest BCUT2D eigenvalue weighted by molar-refractivity contribution is 8.32. The first kappa shape index (κ1) is 11.8. The molecule has 1 unspecified atom stereocenters. The second-order valence-electron chi connectivity index (χ2n) is 2.60. The first-order valence-electron chi connectivity index (χ1n) is 3.93. The fourth-order valence-corrected chi connectivity index (χ4v) is 7.09. The van der Waals surface area contributed by atoms with E-state index in [9.17, 15) is 0 Å². The lowest BCUT2D eigenvalue weighted by Crippen LogP contribution is -2.11. The Morgan fingerprint density at radius 1 is 1.33 bits per heavy atom. The second kappa shape index (κ2) is 7.10. The maximum absolute atomic E-state index is 4.54. The summed E-state index contributed by atoms with van der Waals surface area (Å²) in [5, 5.41) is 3.08. The van der Waals surface area contributed by atoms with Crippen molar-refractivity contribution in [3.63, 3.8) is 0 Å². The SMILES string of the molecule is SCCC(S)CC1SCSCS1. The molecule has 0 bridgehead atoms. The Balaban J connectivity index is 2.11. The van der Waals surface area contributed by atoms with Gasteiger partial charge in [-0.1, -0.05) is 0 Å². The van der Waals surface area contributed by atoms with E-state index in [1.54, 1.807) is 0 Å².